The Hall–Kier alpha value is -1.96. The molecule has 0 N–H and O–H groups in total. The molecule has 0 saturated carbocycles. The lowest BCUT2D eigenvalue weighted by Gasteiger charge is -2.31. The highest BCUT2D eigenvalue weighted by Gasteiger charge is 2.30. The standard InChI is InChI=1S/C17H18O2/c1-12(2)16-9-13(10-18)8-15(11-19)17(16)14-6-4-3-5-7-14/h3-12,16-17H,1-2H3/t16-,17+/m1/s1. The van der Waals surface area contributed by atoms with Crippen molar-refractivity contribution in [2.24, 2.45) is 11.8 Å². The molecule has 2 rings (SSSR count). The summed E-state index contributed by atoms with van der Waals surface area (Å²) in [4.78, 5) is 22.4. The number of aldehydes is 2. The molecule has 2 nitrogen and oxygen atoms in total. The average Bonchev–Trinajstić information content (AvgIpc) is 2.46. The van der Waals surface area contributed by atoms with Gasteiger partial charge in [0.15, 0.2) is 0 Å². The van der Waals surface area contributed by atoms with Gasteiger partial charge in [0.1, 0.15) is 12.6 Å². The van der Waals surface area contributed by atoms with Crippen molar-refractivity contribution in [3.05, 3.63) is 59.2 Å². The molecule has 1 aliphatic rings. The Morgan fingerprint density at radius 1 is 1.05 bits per heavy atom. The summed E-state index contributed by atoms with van der Waals surface area (Å²) in [6.07, 6.45) is 5.39. The van der Waals surface area contributed by atoms with Crippen molar-refractivity contribution in [3.63, 3.8) is 0 Å². The van der Waals surface area contributed by atoms with Gasteiger partial charge in [0, 0.05) is 17.1 Å². The normalized spacial score (nSPS) is 22.7. The van der Waals surface area contributed by atoms with Crippen molar-refractivity contribution in [1.82, 2.24) is 0 Å². The highest BCUT2D eigenvalue weighted by atomic mass is 16.1. The quantitative estimate of drug-likeness (QED) is 0.772. The highest BCUT2D eigenvalue weighted by Crippen LogP contribution is 2.40. The molecule has 19 heavy (non-hydrogen) atoms. The van der Waals surface area contributed by atoms with Crippen LogP contribution in [0.5, 0.6) is 0 Å². The topological polar surface area (TPSA) is 34.1 Å². The minimum absolute atomic E-state index is 0.0439. The van der Waals surface area contributed by atoms with Gasteiger partial charge in [-0.3, -0.25) is 9.59 Å². The first kappa shape index (κ1) is 13.5. The highest BCUT2D eigenvalue weighted by molar-refractivity contribution is 5.86. The van der Waals surface area contributed by atoms with Gasteiger partial charge < -0.3 is 0 Å². The van der Waals surface area contributed by atoms with Crippen molar-refractivity contribution in [3.8, 4) is 0 Å². The molecular weight excluding hydrogens is 236 g/mol. The molecule has 0 fully saturated rings. The zero-order valence-electron chi connectivity index (χ0n) is 11.2. The summed E-state index contributed by atoms with van der Waals surface area (Å²) in [7, 11) is 0. The second-order valence-electron chi connectivity index (χ2n) is 5.26. The van der Waals surface area contributed by atoms with Gasteiger partial charge >= 0.3 is 0 Å². The minimum atomic E-state index is 0.0439. The van der Waals surface area contributed by atoms with Crippen molar-refractivity contribution in [2.45, 2.75) is 19.8 Å². The van der Waals surface area contributed by atoms with Crippen LogP contribution in [0.15, 0.2) is 53.6 Å². The summed E-state index contributed by atoms with van der Waals surface area (Å²) >= 11 is 0. The summed E-state index contributed by atoms with van der Waals surface area (Å²) in [5.41, 5.74) is 2.42. The van der Waals surface area contributed by atoms with Gasteiger partial charge in [0.25, 0.3) is 0 Å². The maximum atomic E-state index is 11.4. The molecule has 0 bridgehead atoms. The second kappa shape index (κ2) is 5.79. The molecule has 0 spiro atoms. The molecule has 2 heteroatoms. The molecule has 2 atom stereocenters. The Morgan fingerprint density at radius 3 is 2.26 bits per heavy atom. The Morgan fingerprint density at radius 2 is 1.74 bits per heavy atom. The number of hydrogen-bond acceptors (Lipinski definition) is 2. The van der Waals surface area contributed by atoms with Crippen LogP contribution in [-0.2, 0) is 9.59 Å². The van der Waals surface area contributed by atoms with E-state index in [-0.39, 0.29) is 11.8 Å². The largest absolute Gasteiger partial charge is 0.298 e. The van der Waals surface area contributed by atoms with E-state index in [1.807, 2.05) is 36.4 Å². The van der Waals surface area contributed by atoms with E-state index in [1.54, 1.807) is 6.08 Å². The van der Waals surface area contributed by atoms with E-state index in [1.165, 1.54) is 0 Å². The third-order valence-corrected chi connectivity index (χ3v) is 3.66. The molecule has 0 aliphatic heterocycles. The van der Waals surface area contributed by atoms with E-state index >= 15 is 0 Å². The summed E-state index contributed by atoms with van der Waals surface area (Å²) < 4.78 is 0. The van der Waals surface area contributed by atoms with Crippen molar-refractivity contribution in [2.75, 3.05) is 0 Å². The van der Waals surface area contributed by atoms with Gasteiger partial charge in [0.2, 0.25) is 0 Å². The van der Waals surface area contributed by atoms with Gasteiger partial charge in [-0.25, -0.2) is 0 Å². The number of carbonyl (C=O) groups is 2. The van der Waals surface area contributed by atoms with Gasteiger partial charge in [-0.2, -0.15) is 0 Å². The van der Waals surface area contributed by atoms with Crippen LogP contribution in [0.1, 0.15) is 25.3 Å². The lowest BCUT2D eigenvalue weighted by molar-refractivity contribution is -0.105. The number of allylic oxidation sites excluding steroid dienone is 4. The predicted octanol–water partition coefficient (Wildman–Crippen LogP) is 3.31. The number of rotatable bonds is 4. The predicted molar refractivity (Wildman–Crippen MR) is 75.8 cm³/mol. The van der Waals surface area contributed by atoms with Gasteiger partial charge in [0.05, 0.1) is 0 Å². The van der Waals surface area contributed by atoms with E-state index in [9.17, 15) is 9.59 Å². The van der Waals surface area contributed by atoms with Crippen LogP contribution in [0.3, 0.4) is 0 Å². The van der Waals surface area contributed by atoms with E-state index in [2.05, 4.69) is 13.8 Å². The molecular formula is C17H18O2. The number of benzene rings is 1. The van der Waals surface area contributed by atoms with E-state index < -0.39 is 0 Å². The van der Waals surface area contributed by atoms with Crippen LogP contribution < -0.4 is 0 Å². The van der Waals surface area contributed by atoms with Crippen molar-refractivity contribution >= 4 is 12.6 Å². The minimum Gasteiger partial charge on any atom is -0.298 e. The van der Waals surface area contributed by atoms with E-state index in [0.717, 1.165) is 18.1 Å². The van der Waals surface area contributed by atoms with Crippen LogP contribution in [0.4, 0.5) is 0 Å². The second-order valence-corrected chi connectivity index (χ2v) is 5.26. The van der Waals surface area contributed by atoms with Crippen LogP contribution >= 0.6 is 0 Å². The average molecular weight is 254 g/mol. The summed E-state index contributed by atoms with van der Waals surface area (Å²) in [6, 6.07) is 10.0. The van der Waals surface area contributed by atoms with Crippen LogP contribution in [0.2, 0.25) is 0 Å². The Labute approximate surface area is 113 Å². The molecule has 1 aromatic rings. The zero-order valence-corrected chi connectivity index (χ0v) is 11.2. The molecule has 1 aromatic carbocycles. The van der Waals surface area contributed by atoms with Crippen molar-refractivity contribution < 1.29 is 9.59 Å². The first-order valence-electron chi connectivity index (χ1n) is 6.56. The zero-order chi connectivity index (χ0) is 13.8. The van der Waals surface area contributed by atoms with E-state index in [4.69, 9.17) is 0 Å². The fourth-order valence-electron chi connectivity index (χ4n) is 2.70. The maximum absolute atomic E-state index is 11.4. The Kier molecular flexibility index (Phi) is 4.10. The van der Waals surface area contributed by atoms with Crippen molar-refractivity contribution in [1.29, 1.82) is 0 Å². The third-order valence-electron chi connectivity index (χ3n) is 3.66. The molecule has 0 heterocycles. The van der Waals surface area contributed by atoms with Gasteiger partial charge in [-0.05, 0) is 23.5 Å². The molecule has 0 saturated heterocycles. The fraction of sp³-hybridized carbons (Fsp3) is 0.294. The van der Waals surface area contributed by atoms with Crippen LogP contribution in [0, 0.1) is 11.8 Å². The summed E-state index contributed by atoms with van der Waals surface area (Å²) in [6.45, 7) is 4.24. The van der Waals surface area contributed by atoms with Gasteiger partial charge in [-0.1, -0.05) is 50.3 Å². The Bertz CT molecular complexity index is 523. The van der Waals surface area contributed by atoms with Crippen LogP contribution in [0.25, 0.3) is 0 Å². The first-order valence-corrected chi connectivity index (χ1v) is 6.56. The first-order chi connectivity index (χ1) is 9.17. The lowest BCUT2D eigenvalue weighted by atomic mass is 9.72. The molecule has 1 aliphatic carbocycles. The summed E-state index contributed by atoms with van der Waals surface area (Å²) in [5.74, 6) is 0.582. The Balaban J connectivity index is 2.50. The van der Waals surface area contributed by atoms with Gasteiger partial charge in [-0.15, -0.1) is 0 Å². The number of hydrogen-bond donors (Lipinski definition) is 0. The molecule has 0 radical (unpaired) electrons. The molecule has 0 aromatic heterocycles. The fourth-order valence-corrected chi connectivity index (χ4v) is 2.70. The smallest absolute Gasteiger partial charge is 0.149 e. The molecule has 0 amide bonds. The molecule has 0 unspecified atom stereocenters. The van der Waals surface area contributed by atoms with E-state index in [0.29, 0.717) is 17.1 Å². The maximum Gasteiger partial charge on any atom is 0.149 e. The monoisotopic (exact) mass is 254 g/mol. The molecule has 98 valence electrons. The number of carbonyl (C=O) groups excluding carboxylic acids is 2. The third kappa shape index (κ3) is 2.73. The van der Waals surface area contributed by atoms with Crippen LogP contribution in [-0.4, -0.2) is 12.6 Å². The lowest BCUT2D eigenvalue weighted by Crippen LogP contribution is -2.23. The summed E-state index contributed by atoms with van der Waals surface area (Å²) in [5, 5.41) is 0. The SMILES string of the molecule is CC(C)[C@H]1C=C(C=O)C=C(C=O)[C@@H]1c1ccccc1.